The third-order valence-corrected chi connectivity index (χ3v) is 3.02. The van der Waals surface area contributed by atoms with Gasteiger partial charge in [-0.15, -0.1) is 0 Å². The highest BCUT2D eigenvalue weighted by molar-refractivity contribution is 5.42. The minimum absolute atomic E-state index is 0.115. The fourth-order valence-electron chi connectivity index (χ4n) is 1.71. The van der Waals surface area contributed by atoms with Crippen LogP contribution < -0.4 is 4.74 Å². The van der Waals surface area contributed by atoms with E-state index in [1.807, 2.05) is 13.8 Å². The molecule has 0 aliphatic carbocycles. The zero-order chi connectivity index (χ0) is 12.3. The molecule has 0 saturated carbocycles. The van der Waals surface area contributed by atoms with E-state index in [4.69, 9.17) is 4.74 Å². The van der Waals surface area contributed by atoms with Crippen molar-refractivity contribution in [1.82, 2.24) is 0 Å². The molecule has 0 radical (unpaired) electrons. The number of benzene rings is 1. The van der Waals surface area contributed by atoms with Crippen LogP contribution in [-0.2, 0) is 5.41 Å². The number of hydrogen-bond acceptors (Lipinski definition) is 2. The Morgan fingerprint density at radius 1 is 1.31 bits per heavy atom. The van der Waals surface area contributed by atoms with Gasteiger partial charge in [-0.3, -0.25) is 0 Å². The van der Waals surface area contributed by atoms with Crippen molar-refractivity contribution in [2.24, 2.45) is 0 Å². The molecule has 0 atom stereocenters. The van der Waals surface area contributed by atoms with Gasteiger partial charge < -0.3 is 9.84 Å². The molecule has 2 heteroatoms. The molecule has 1 aromatic rings. The van der Waals surface area contributed by atoms with Gasteiger partial charge in [0.2, 0.25) is 0 Å². The fraction of sp³-hybridized carbons (Fsp3) is 0.571. The molecule has 16 heavy (non-hydrogen) atoms. The van der Waals surface area contributed by atoms with Crippen LogP contribution in [0.1, 0.15) is 44.7 Å². The summed E-state index contributed by atoms with van der Waals surface area (Å²) in [5.41, 5.74) is 2.05. The zero-order valence-electron chi connectivity index (χ0n) is 10.9. The Morgan fingerprint density at radius 2 is 1.94 bits per heavy atom. The summed E-state index contributed by atoms with van der Waals surface area (Å²) in [5.74, 6) is 1.35. The number of rotatable bonds is 4. The lowest BCUT2D eigenvalue weighted by Gasteiger charge is -2.25. The number of aliphatic hydroxyl groups is 1. The van der Waals surface area contributed by atoms with Gasteiger partial charge >= 0.3 is 0 Å². The number of ether oxygens (including phenoxy) is 1. The molecule has 0 aliphatic rings. The van der Waals surface area contributed by atoms with Crippen LogP contribution in [0.5, 0.6) is 5.75 Å². The molecule has 0 aliphatic heterocycles. The van der Waals surface area contributed by atoms with Crippen LogP contribution in [0.25, 0.3) is 0 Å². The van der Waals surface area contributed by atoms with Gasteiger partial charge in [-0.2, -0.15) is 0 Å². The van der Waals surface area contributed by atoms with Crippen molar-refractivity contribution in [2.45, 2.75) is 39.0 Å². The molecule has 90 valence electrons. The van der Waals surface area contributed by atoms with Gasteiger partial charge in [0.25, 0.3) is 0 Å². The summed E-state index contributed by atoms with van der Waals surface area (Å²) in [6.45, 7) is 8.46. The van der Waals surface area contributed by atoms with E-state index in [2.05, 4.69) is 32.0 Å². The van der Waals surface area contributed by atoms with Crippen molar-refractivity contribution >= 4 is 0 Å². The van der Waals surface area contributed by atoms with E-state index in [9.17, 15) is 5.11 Å². The van der Waals surface area contributed by atoms with Crippen molar-refractivity contribution in [2.75, 3.05) is 13.7 Å². The van der Waals surface area contributed by atoms with E-state index >= 15 is 0 Å². The van der Waals surface area contributed by atoms with Gasteiger partial charge in [-0.1, -0.05) is 39.8 Å². The van der Waals surface area contributed by atoms with Gasteiger partial charge in [-0.25, -0.2) is 0 Å². The minimum atomic E-state index is -0.263. The molecule has 0 aromatic heterocycles. The Kier molecular flexibility index (Phi) is 3.98. The third kappa shape index (κ3) is 2.56. The topological polar surface area (TPSA) is 29.5 Å². The normalized spacial score (nSPS) is 11.9. The van der Waals surface area contributed by atoms with Crippen molar-refractivity contribution in [3.63, 3.8) is 0 Å². The zero-order valence-corrected chi connectivity index (χ0v) is 10.9. The lowest BCUT2D eigenvalue weighted by Crippen LogP contribution is -2.23. The largest absolute Gasteiger partial charge is 0.496 e. The highest BCUT2D eigenvalue weighted by atomic mass is 16.5. The molecule has 0 unspecified atom stereocenters. The maximum atomic E-state index is 9.39. The number of hydrogen-bond donors (Lipinski definition) is 1. The van der Waals surface area contributed by atoms with Crippen LogP contribution in [-0.4, -0.2) is 18.8 Å². The first-order chi connectivity index (χ1) is 7.42. The molecule has 0 fully saturated rings. The Morgan fingerprint density at radius 3 is 2.38 bits per heavy atom. The van der Waals surface area contributed by atoms with Gasteiger partial charge in [0.15, 0.2) is 0 Å². The highest BCUT2D eigenvalue weighted by Gasteiger charge is 2.23. The van der Waals surface area contributed by atoms with E-state index in [1.165, 1.54) is 5.56 Å². The van der Waals surface area contributed by atoms with Gasteiger partial charge in [-0.05, 0) is 17.5 Å². The first-order valence-corrected chi connectivity index (χ1v) is 5.71. The first-order valence-electron chi connectivity index (χ1n) is 5.71. The van der Waals surface area contributed by atoms with Crippen LogP contribution in [0.3, 0.4) is 0 Å². The molecular formula is C14H22O2. The third-order valence-electron chi connectivity index (χ3n) is 3.02. The molecule has 1 aromatic carbocycles. The van der Waals surface area contributed by atoms with E-state index < -0.39 is 0 Å². The second-order valence-corrected chi connectivity index (χ2v) is 5.16. The van der Waals surface area contributed by atoms with Crippen molar-refractivity contribution < 1.29 is 9.84 Å². The van der Waals surface area contributed by atoms with E-state index in [0.717, 1.165) is 11.3 Å². The SMILES string of the molecule is COc1cc(C(C)C)ccc1C(C)(C)CO. The van der Waals surface area contributed by atoms with Crippen LogP contribution in [0, 0.1) is 0 Å². The van der Waals surface area contributed by atoms with Gasteiger partial charge in [0.1, 0.15) is 5.75 Å². The van der Waals surface area contributed by atoms with Crippen molar-refractivity contribution in [1.29, 1.82) is 0 Å². The van der Waals surface area contributed by atoms with E-state index in [-0.39, 0.29) is 12.0 Å². The molecular weight excluding hydrogens is 200 g/mol. The van der Waals surface area contributed by atoms with E-state index in [1.54, 1.807) is 7.11 Å². The summed E-state index contributed by atoms with van der Waals surface area (Å²) >= 11 is 0. The minimum Gasteiger partial charge on any atom is -0.496 e. The fourth-order valence-corrected chi connectivity index (χ4v) is 1.71. The summed E-state index contributed by atoms with van der Waals surface area (Å²) in [5, 5.41) is 9.39. The van der Waals surface area contributed by atoms with Crippen molar-refractivity contribution in [3.8, 4) is 5.75 Å². The Bertz CT molecular complexity index is 354. The maximum absolute atomic E-state index is 9.39. The summed E-state index contributed by atoms with van der Waals surface area (Å²) in [4.78, 5) is 0. The van der Waals surface area contributed by atoms with Crippen LogP contribution in [0.4, 0.5) is 0 Å². The van der Waals surface area contributed by atoms with Crippen LogP contribution in [0.15, 0.2) is 18.2 Å². The number of methoxy groups -OCH3 is 1. The highest BCUT2D eigenvalue weighted by Crippen LogP contribution is 2.33. The monoisotopic (exact) mass is 222 g/mol. The second kappa shape index (κ2) is 4.88. The Labute approximate surface area is 98.3 Å². The predicted molar refractivity (Wildman–Crippen MR) is 67.2 cm³/mol. The molecule has 0 heterocycles. The lowest BCUT2D eigenvalue weighted by molar-refractivity contribution is 0.215. The molecule has 2 nitrogen and oxygen atoms in total. The van der Waals surface area contributed by atoms with Gasteiger partial charge in [0.05, 0.1) is 13.7 Å². The van der Waals surface area contributed by atoms with Gasteiger partial charge in [0, 0.05) is 11.0 Å². The maximum Gasteiger partial charge on any atom is 0.122 e. The molecule has 0 amide bonds. The molecule has 0 bridgehead atoms. The lowest BCUT2D eigenvalue weighted by atomic mass is 9.83. The molecule has 1 N–H and O–H groups in total. The quantitative estimate of drug-likeness (QED) is 0.848. The summed E-state index contributed by atoms with van der Waals surface area (Å²) in [6.07, 6.45) is 0. The summed E-state index contributed by atoms with van der Waals surface area (Å²) < 4.78 is 5.41. The smallest absolute Gasteiger partial charge is 0.122 e. The average molecular weight is 222 g/mol. The summed E-state index contributed by atoms with van der Waals surface area (Å²) in [7, 11) is 1.68. The van der Waals surface area contributed by atoms with E-state index in [0.29, 0.717) is 5.92 Å². The van der Waals surface area contributed by atoms with Crippen LogP contribution >= 0.6 is 0 Å². The van der Waals surface area contributed by atoms with Crippen LogP contribution in [0.2, 0.25) is 0 Å². The van der Waals surface area contributed by atoms with Crippen molar-refractivity contribution in [3.05, 3.63) is 29.3 Å². The second-order valence-electron chi connectivity index (χ2n) is 5.16. The predicted octanol–water partition coefficient (Wildman–Crippen LogP) is 3.09. The Balaban J connectivity index is 3.22. The molecule has 1 rings (SSSR count). The number of aliphatic hydroxyl groups excluding tert-OH is 1. The standard InChI is InChI=1S/C14H22O2/c1-10(2)11-6-7-12(13(8-11)16-5)14(3,4)9-15/h6-8,10,15H,9H2,1-5H3. The Hall–Kier alpha value is -1.02. The first kappa shape index (κ1) is 13.0. The summed E-state index contributed by atoms with van der Waals surface area (Å²) in [6, 6.07) is 6.24. The molecule has 0 spiro atoms. The average Bonchev–Trinajstić information content (AvgIpc) is 2.28. The molecule has 0 saturated heterocycles.